The zero-order valence-electron chi connectivity index (χ0n) is 11.0. The smallest absolute Gasteiger partial charge is 0.258 e. The first-order valence-corrected chi connectivity index (χ1v) is 7.84. The summed E-state index contributed by atoms with van der Waals surface area (Å²) < 4.78 is 2.46. The Kier molecular flexibility index (Phi) is 3.54. The van der Waals surface area contributed by atoms with E-state index in [1.807, 2.05) is 26.0 Å². The second-order valence-corrected chi connectivity index (χ2v) is 6.80. The van der Waals surface area contributed by atoms with Crippen molar-refractivity contribution in [3.8, 4) is 0 Å². The lowest BCUT2D eigenvalue weighted by Gasteiger charge is -2.03. The molecule has 3 heterocycles. The normalized spacial score (nSPS) is 11.1. The third-order valence-electron chi connectivity index (χ3n) is 2.71. The summed E-state index contributed by atoms with van der Waals surface area (Å²) in [4.78, 5) is 16.6. The molecule has 102 valence electrons. The van der Waals surface area contributed by atoms with E-state index in [2.05, 4.69) is 15.2 Å². The van der Waals surface area contributed by atoms with Crippen molar-refractivity contribution in [3.05, 3.63) is 51.0 Å². The third kappa shape index (κ3) is 2.73. The lowest BCUT2D eigenvalue weighted by atomic mass is 10.3. The van der Waals surface area contributed by atoms with Crippen molar-refractivity contribution in [2.45, 2.75) is 23.9 Å². The number of hydrogen-bond acceptors (Lipinski definition) is 6. The minimum atomic E-state index is -0.0530. The molecule has 0 bridgehead atoms. The number of fused-ring (bicyclic) bond motifs is 1. The van der Waals surface area contributed by atoms with Crippen molar-refractivity contribution in [1.29, 1.82) is 0 Å². The quantitative estimate of drug-likeness (QED) is 0.696. The lowest BCUT2D eigenvalue weighted by Crippen LogP contribution is -2.15. The summed E-state index contributed by atoms with van der Waals surface area (Å²) in [5, 5.41) is 8.95. The Morgan fingerprint density at radius 3 is 2.90 bits per heavy atom. The number of nitrogens with zero attached hydrogens (tertiary/aromatic N) is 4. The summed E-state index contributed by atoms with van der Waals surface area (Å²) in [5.41, 5.74) is 2.42. The fraction of sp³-hybridized carbons (Fsp3) is 0.231. The zero-order chi connectivity index (χ0) is 14.1. The number of rotatable bonds is 3. The van der Waals surface area contributed by atoms with Crippen LogP contribution in [0.5, 0.6) is 0 Å². The van der Waals surface area contributed by atoms with Crippen LogP contribution in [0.2, 0.25) is 0 Å². The summed E-state index contributed by atoms with van der Waals surface area (Å²) in [6.07, 6.45) is 1.80. The van der Waals surface area contributed by atoms with Crippen molar-refractivity contribution in [3.63, 3.8) is 0 Å². The van der Waals surface area contributed by atoms with E-state index in [1.165, 1.54) is 0 Å². The molecule has 0 atom stereocenters. The van der Waals surface area contributed by atoms with Gasteiger partial charge in [-0.05, 0) is 25.5 Å². The van der Waals surface area contributed by atoms with Crippen LogP contribution in [0.25, 0.3) is 5.65 Å². The summed E-state index contributed by atoms with van der Waals surface area (Å²) in [6.45, 7) is 3.87. The van der Waals surface area contributed by atoms with Gasteiger partial charge in [0.2, 0.25) is 0 Å². The van der Waals surface area contributed by atoms with Crippen LogP contribution in [-0.4, -0.2) is 19.6 Å². The van der Waals surface area contributed by atoms with Crippen LogP contribution in [0, 0.1) is 13.8 Å². The standard InChI is InChI=1S/C13H12N4OS2/c1-8-3-4-11-14-10(5-12(18)17(11)6-8)7-19-13-16-15-9(2)20-13/h3-6H,7H2,1-2H3. The molecule has 0 spiro atoms. The zero-order valence-corrected chi connectivity index (χ0v) is 12.7. The van der Waals surface area contributed by atoms with Gasteiger partial charge in [0.05, 0.1) is 5.69 Å². The van der Waals surface area contributed by atoms with Crippen molar-refractivity contribution in [2.75, 3.05) is 0 Å². The minimum Gasteiger partial charge on any atom is -0.269 e. The van der Waals surface area contributed by atoms with Gasteiger partial charge in [-0.3, -0.25) is 9.20 Å². The van der Waals surface area contributed by atoms with Gasteiger partial charge >= 0.3 is 0 Å². The number of aryl methyl sites for hydroxylation is 2. The van der Waals surface area contributed by atoms with E-state index >= 15 is 0 Å². The third-order valence-corrected chi connectivity index (χ3v) is 4.72. The van der Waals surface area contributed by atoms with Crippen LogP contribution in [-0.2, 0) is 5.75 Å². The maximum atomic E-state index is 12.1. The molecule has 3 aromatic heterocycles. The van der Waals surface area contributed by atoms with E-state index in [-0.39, 0.29) is 5.56 Å². The van der Waals surface area contributed by atoms with Gasteiger partial charge in [0.15, 0.2) is 4.34 Å². The van der Waals surface area contributed by atoms with Crippen LogP contribution in [0.15, 0.2) is 33.5 Å². The Balaban J connectivity index is 1.89. The molecule has 0 N–H and O–H groups in total. The molecule has 0 unspecified atom stereocenters. The number of aromatic nitrogens is 4. The van der Waals surface area contributed by atoms with E-state index in [0.29, 0.717) is 11.4 Å². The Labute approximate surface area is 123 Å². The van der Waals surface area contributed by atoms with Crippen molar-refractivity contribution in [1.82, 2.24) is 19.6 Å². The molecule has 0 aliphatic carbocycles. The molecular formula is C13H12N4OS2. The number of pyridine rings is 1. The van der Waals surface area contributed by atoms with E-state index in [0.717, 1.165) is 20.6 Å². The van der Waals surface area contributed by atoms with Crippen molar-refractivity contribution in [2.24, 2.45) is 0 Å². The SMILES string of the molecule is Cc1ccc2nc(CSc3nnc(C)s3)cc(=O)n2c1. The highest BCUT2D eigenvalue weighted by Crippen LogP contribution is 2.24. The molecule has 0 saturated carbocycles. The van der Waals surface area contributed by atoms with Gasteiger partial charge < -0.3 is 0 Å². The average molecular weight is 304 g/mol. The maximum absolute atomic E-state index is 12.1. The molecule has 0 aliphatic rings. The average Bonchev–Trinajstić information content (AvgIpc) is 2.83. The van der Waals surface area contributed by atoms with Gasteiger partial charge in [0, 0.05) is 18.0 Å². The fourth-order valence-corrected chi connectivity index (χ4v) is 3.51. The van der Waals surface area contributed by atoms with Gasteiger partial charge in [-0.15, -0.1) is 10.2 Å². The molecule has 0 amide bonds. The summed E-state index contributed by atoms with van der Waals surface area (Å²) >= 11 is 3.10. The molecule has 7 heteroatoms. The second-order valence-electron chi connectivity index (χ2n) is 4.40. The topological polar surface area (TPSA) is 60.2 Å². The lowest BCUT2D eigenvalue weighted by molar-refractivity contribution is 0.979. The Bertz CT molecular complexity index is 825. The van der Waals surface area contributed by atoms with E-state index < -0.39 is 0 Å². The molecular weight excluding hydrogens is 292 g/mol. The van der Waals surface area contributed by atoms with Crippen LogP contribution >= 0.6 is 23.1 Å². The molecule has 0 radical (unpaired) electrons. The summed E-state index contributed by atoms with van der Waals surface area (Å²) in [5.74, 6) is 0.619. The Hall–Kier alpha value is -1.73. The predicted molar refractivity (Wildman–Crippen MR) is 80.4 cm³/mol. The first-order valence-electron chi connectivity index (χ1n) is 6.04. The van der Waals surface area contributed by atoms with Crippen LogP contribution in [0.1, 0.15) is 16.3 Å². The molecule has 0 aromatic carbocycles. The van der Waals surface area contributed by atoms with E-state index in [9.17, 15) is 4.79 Å². The van der Waals surface area contributed by atoms with Crippen LogP contribution in [0.4, 0.5) is 0 Å². The molecule has 0 saturated heterocycles. The predicted octanol–water partition coefficient (Wildman–Crippen LogP) is 2.46. The van der Waals surface area contributed by atoms with E-state index in [4.69, 9.17) is 0 Å². The van der Waals surface area contributed by atoms with E-state index in [1.54, 1.807) is 39.8 Å². The molecule has 0 fully saturated rings. The molecule has 0 aliphatic heterocycles. The van der Waals surface area contributed by atoms with Gasteiger partial charge in [0.25, 0.3) is 5.56 Å². The molecule has 5 nitrogen and oxygen atoms in total. The Morgan fingerprint density at radius 1 is 1.30 bits per heavy atom. The van der Waals surface area contributed by atoms with Crippen LogP contribution in [0.3, 0.4) is 0 Å². The molecule has 3 rings (SSSR count). The molecule has 20 heavy (non-hydrogen) atoms. The number of hydrogen-bond donors (Lipinski definition) is 0. The van der Waals surface area contributed by atoms with Gasteiger partial charge in [-0.25, -0.2) is 4.98 Å². The fourth-order valence-electron chi connectivity index (χ4n) is 1.80. The van der Waals surface area contributed by atoms with Gasteiger partial charge in [0.1, 0.15) is 10.7 Å². The highest BCUT2D eigenvalue weighted by molar-refractivity contribution is 8.00. The highest BCUT2D eigenvalue weighted by atomic mass is 32.2. The van der Waals surface area contributed by atoms with Crippen molar-refractivity contribution >= 4 is 28.7 Å². The molecule has 3 aromatic rings. The second kappa shape index (κ2) is 5.34. The monoisotopic (exact) mass is 304 g/mol. The number of thioether (sulfide) groups is 1. The first kappa shape index (κ1) is 13.3. The summed E-state index contributed by atoms with van der Waals surface area (Å²) in [7, 11) is 0. The maximum Gasteiger partial charge on any atom is 0.258 e. The van der Waals surface area contributed by atoms with Gasteiger partial charge in [-0.2, -0.15) is 0 Å². The van der Waals surface area contributed by atoms with Crippen molar-refractivity contribution < 1.29 is 0 Å². The largest absolute Gasteiger partial charge is 0.269 e. The summed E-state index contributed by atoms with van der Waals surface area (Å²) in [6, 6.07) is 5.39. The van der Waals surface area contributed by atoms with Crippen LogP contribution < -0.4 is 5.56 Å². The Morgan fingerprint density at radius 2 is 2.15 bits per heavy atom. The minimum absolute atomic E-state index is 0.0530. The highest BCUT2D eigenvalue weighted by Gasteiger charge is 2.06. The first-order chi connectivity index (χ1) is 9.61. The van der Waals surface area contributed by atoms with Gasteiger partial charge in [-0.1, -0.05) is 29.2 Å².